The normalized spacial score (nSPS) is 19.0. The van der Waals surface area contributed by atoms with Crippen LogP contribution in [0.5, 0.6) is 0 Å². The Morgan fingerprint density at radius 3 is 2.56 bits per heavy atom. The third kappa shape index (κ3) is 5.51. The molecule has 1 aliphatic heterocycles. The first-order chi connectivity index (χ1) is 11.6. The number of carbonyl (C=O) groups excluding carboxylic acids is 2. The number of hydrogen-bond acceptors (Lipinski definition) is 4. The second kappa shape index (κ2) is 7.83. The highest BCUT2D eigenvalue weighted by molar-refractivity contribution is 9.10. The molecule has 1 fully saturated rings. The average molecular weight is 415 g/mol. The molecule has 1 aromatic rings. The lowest BCUT2D eigenvalue weighted by molar-refractivity contribution is 0.00220. The van der Waals surface area contributed by atoms with Gasteiger partial charge in [0, 0.05) is 31.2 Å². The molecule has 0 spiro atoms. The van der Waals surface area contributed by atoms with Crippen molar-refractivity contribution in [2.75, 3.05) is 26.2 Å². The zero-order valence-electron chi connectivity index (χ0n) is 15.0. The summed E-state index contributed by atoms with van der Waals surface area (Å²) in [5.41, 5.74) is -0.182. The molecule has 1 aliphatic rings. The van der Waals surface area contributed by atoms with Crippen LogP contribution < -0.4 is 0 Å². The number of halogens is 2. The van der Waals surface area contributed by atoms with Crippen LogP contribution >= 0.6 is 15.9 Å². The number of Topliss-reactive ketones (excluding diaryl/α,β-unsaturated/α-hetero) is 1. The van der Waals surface area contributed by atoms with E-state index < -0.39 is 11.4 Å². The van der Waals surface area contributed by atoms with Crippen molar-refractivity contribution in [2.24, 2.45) is 0 Å². The Balaban J connectivity index is 1.93. The summed E-state index contributed by atoms with van der Waals surface area (Å²) >= 11 is 3.08. The van der Waals surface area contributed by atoms with Crippen molar-refractivity contribution in [3.63, 3.8) is 0 Å². The van der Waals surface area contributed by atoms with Crippen molar-refractivity contribution >= 4 is 27.8 Å². The van der Waals surface area contributed by atoms with Gasteiger partial charge in [0.2, 0.25) is 0 Å². The van der Waals surface area contributed by atoms with Gasteiger partial charge in [-0.1, -0.05) is 6.07 Å². The quantitative estimate of drug-likeness (QED) is 0.707. The standard InChI is InChI=1S/C18H24BrFN2O3/c1-12-10-21(7-8-22(12)17(24)25-18(2,3)4)11-16(23)13-5-6-14(19)15(20)9-13/h5-6,9,12H,7-8,10-11H2,1-4H3/t12-/m1/s1. The molecule has 25 heavy (non-hydrogen) atoms. The van der Waals surface area contributed by atoms with Gasteiger partial charge in [-0.25, -0.2) is 9.18 Å². The highest BCUT2D eigenvalue weighted by Gasteiger charge is 2.31. The highest BCUT2D eigenvalue weighted by atomic mass is 79.9. The predicted octanol–water partition coefficient (Wildman–Crippen LogP) is 3.71. The molecule has 0 saturated carbocycles. The minimum Gasteiger partial charge on any atom is -0.444 e. The molecular formula is C18H24BrFN2O3. The Kier molecular flexibility index (Phi) is 6.21. The second-order valence-corrected chi connectivity index (χ2v) is 8.16. The monoisotopic (exact) mass is 414 g/mol. The first-order valence-corrected chi connectivity index (χ1v) is 9.06. The fraction of sp³-hybridized carbons (Fsp3) is 0.556. The number of amides is 1. The van der Waals surface area contributed by atoms with Gasteiger partial charge in [0.15, 0.2) is 5.78 Å². The zero-order valence-corrected chi connectivity index (χ0v) is 16.6. The maximum Gasteiger partial charge on any atom is 0.410 e. The minimum absolute atomic E-state index is 0.0574. The van der Waals surface area contributed by atoms with E-state index in [1.54, 1.807) is 11.0 Å². The molecule has 1 amide bonds. The van der Waals surface area contributed by atoms with Crippen molar-refractivity contribution in [1.29, 1.82) is 0 Å². The van der Waals surface area contributed by atoms with Crippen LogP contribution in [0.3, 0.4) is 0 Å². The molecule has 0 unspecified atom stereocenters. The van der Waals surface area contributed by atoms with Crippen LogP contribution in [0.15, 0.2) is 22.7 Å². The van der Waals surface area contributed by atoms with Crippen molar-refractivity contribution < 1.29 is 18.7 Å². The van der Waals surface area contributed by atoms with E-state index in [1.165, 1.54) is 12.1 Å². The molecule has 1 aromatic carbocycles. The molecule has 0 radical (unpaired) electrons. The van der Waals surface area contributed by atoms with Crippen LogP contribution in [0.25, 0.3) is 0 Å². The number of carbonyl (C=O) groups is 2. The molecule has 1 atom stereocenters. The first kappa shape index (κ1) is 19.8. The molecule has 2 rings (SSSR count). The van der Waals surface area contributed by atoms with E-state index in [1.807, 2.05) is 32.6 Å². The number of ketones is 1. The molecule has 5 nitrogen and oxygen atoms in total. The third-order valence-corrected chi connectivity index (χ3v) is 4.59. The van der Waals surface area contributed by atoms with Gasteiger partial charge < -0.3 is 9.64 Å². The van der Waals surface area contributed by atoms with Crippen molar-refractivity contribution in [3.05, 3.63) is 34.1 Å². The van der Waals surface area contributed by atoms with Gasteiger partial charge in [0.1, 0.15) is 11.4 Å². The summed E-state index contributed by atoms with van der Waals surface area (Å²) in [6, 6.07) is 4.33. The first-order valence-electron chi connectivity index (χ1n) is 8.27. The van der Waals surface area contributed by atoms with Crippen molar-refractivity contribution in [3.8, 4) is 0 Å². The molecule has 1 heterocycles. The van der Waals surface area contributed by atoms with E-state index in [0.717, 1.165) is 0 Å². The van der Waals surface area contributed by atoms with Gasteiger partial charge in [-0.15, -0.1) is 0 Å². The molecule has 138 valence electrons. The summed E-state index contributed by atoms with van der Waals surface area (Å²) in [4.78, 5) is 28.2. The molecule has 0 bridgehead atoms. The fourth-order valence-electron chi connectivity index (χ4n) is 2.73. The molecule has 0 aromatic heterocycles. The van der Waals surface area contributed by atoms with E-state index in [0.29, 0.717) is 29.7 Å². The predicted molar refractivity (Wildman–Crippen MR) is 97.3 cm³/mol. The summed E-state index contributed by atoms with van der Waals surface area (Å²) in [6.07, 6.45) is -0.332. The lowest BCUT2D eigenvalue weighted by atomic mass is 10.1. The Bertz CT molecular complexity index is 660. The summed E-state index contributed by atoms with van der Waals surface area (Å²) in [6.45, 7) is 9.29. The van der Waals surface area contributed by atoms with Crippen LogP contribution in [-0.4, -0.2) is 59.5 Å². The summed E-state index contributed by atoms with van der Waals surface area (Å²) in [5.74, 6) is -0.585. The van der Waals surface area contributed by atoms with E-state index in [9.17, 15) is 14.0 Å². The van der Waals surface area contributed by atoms with E-state index in [-0.39, 0.29) is 24.5 Å². The number of rotatable bonds is 3. The van der Waals surface area contributed by atoms with Crippen LogP contribution in [-0.2, 0) is 4.74 Å². The summed E-state index contributed by atoms with van der Waals surface area (Å²) in [7, 11) is 0. The SMILES string of the molecule is C[C@@H]1CN(CC(=O)c2ccc(Br)c(F)c2)CCN1C(=O)OC(C)(C)C. The summed E-state index contributed by atoms with van der Waals surface area (Å²) in [5, 5.41) is 0. The number of hydrogen-bond donors (Lipinski definition) is 0. The third-order valence-electron chi connectivity index (χ3n) is 3.95. The maximum atomic E-state index is 13.6. The van der Waals surface area contributed by atoms with Crippen molar-refractivity contribution in [2.45, 2.75) is 39.3 Å². The Hall–Kier alpha value is -1.47. The molecule has 7 heteroatoms. The largest absolute Gasteiger partial charge is 0.444 e. The maximum absolute atomic E-state index is 13.6. The van der Waals surface area contributed by atoms with Crippen LogP contribution in [0.1, 0.15) is 38.1 Å². The van der Waals surface area contributed by atoms with E-state index in [2.05, 4.69) is 15.9 Å². The Labute approximate surface area is 156 Å². The second-order valence-electron chi connectivity index (χ2n) is 7.31. The zero-order chi connectivity index (χ0) is 18.8. The molecular weight excluding hydrogens is 391 g/mol. The van der Waals surface area contributed by atoms with Crippen LogP contribution in [0.2, 0.25) is 0 Å². The number of ether oxygens (including phenoxy) is 1. The highest BCUT2D eigenvalue weighted by Crippen LogP contribution is 2.18. The van der Waals surface area contributed by atoms with E-state index >= 15 is 0 Å². The van der Waals surface area contributed by atoms with Gasteiger partial charge in [0.25, 0.3) is 0 Å². The van der Waals surface area contributed by atoms with E-state index in [4.69, 9.17) is 4.74 Å². The lowest BCUT2D eigenvalue weighted by Crippen LogP contribution is -2.55. The van der Waals surface area contributed by atoms with Gasteiger partial charge >= 0.3 is 6.09 Å². The summed E-state index contributed by atoms with van der Waals surface area (Å²) < 4.78 is 19.3. The number of benzene rings is 1. The smallest absolute Gasteiger partial charge is 0.410 e. The number of nitrogens with zero attached hydrogens (tertiary/aromatic N) is 2. The minimum atomic E-state index is -0.532. The van der Waals surface area contributed by atoms with Crippen LogP contribution in [0, 0.1) is 5.82 Å². The molecule has 1 saturated heterocycles. The Morgan fingerprint density at radius 1 is 1.32 bits per heavy atom. The van der Waals surface area contributed by atoms with Gasteiger partial charge in [-0.3, -0.25) is 9.69 Å². The van der Waals surface area contributed by atoms with Crippen molar-refractivity contribution in [1.82, 2.24) is 9.80 Å². The lowest BCUT2D eigenvalue weighted by Gasteiger charge is -2.40. The van der Waals surface area contributed by atoms with Crippen LogP contribution in [0.4, 0.5) is 9.18 Å². The topological polar surface area (TPSA) is 49.9 Å². The van der Waals surface area contributed by atoms with Gasteiger partial charge in [-0.05, 0) is 55.8 Å². The number of piperazine rings is 1. The van der Waals surface area contributed by atoms with Gasteiger partial charge in [-0.2, -0.15) is 0 Å². The molecule has 0 N–H and O–H groups in total. The Morgan fingerprint density at radius 2 is 2.00 bits per heavy atom. The fourth-order valence-corrected chi connectivity index (χ4v) is 2.98. The van der Waals surface area contributed by atoms with Gasteiger partial charge in [0.05, 0.1) is 11.0 Å². The average Bonchev–Trinajstić information content (AvgIpc) is 2.48. The molecule has 0 aliphatic carbocycles.